The van der Waals surface area contributed by atoms with Crippen LogP contribution >= 0.6 is 0 Å². The van der Waals surface area contributed by atoms with Crippen LogP contribution in [0.3, 0.4) is 0 Å². The van der Waals surface area contributed by atoms with Crippen molar-refractivity contribution in [2.45, 2.75) is 13.8 Å². The summed E-state index contributed by atoms with van der Waals surface area (Å²) in [6, 6.07) is 0. The van der Waals surface area contributed by atoms with Crippen molar-refractivity contribution in [1.82, 2.24) is 14.9 Å². The molecule has 1 atom stereocenters. The molecule has 0 fully saturated rings. The molecule has 0 aliphatic carbocycles. The van der Waals surface area contributed by atoms with Crippen LogP contribution in [0.25, 0.3) is 0 Å². The number of rotatable bonds is 5. The SMILES string of the molecule is CCN(CC(C)C(=O)O)C(=O)c1cnccn1. The van der Waals surface area contributed by atoms with Gasteiger partial charge in [0.1, 0.15) is 5.69 Å². The highest BCUT2D eigenvalue weighted by Crippen LogP contribution is 2.05. The number of carboxylic acids is 1. The lowest BCUT2D eigenvalue weighted by Crippen LogP contribution is -2.37. The third-order valence-corrected chi connectivity index (χ3v) is 2.37. The highest BCUT2D eigenvalue weighted by Gasteiger charge is 2.21. The second kappa shape index (κ2) is 5.93. The van der Waals surface area contributed by atoms with E-state index in [1.807, 2.05) is 0 Å². The third-order valence-electron chi connectivity index (χ3n) is 2.37. The molecule has 1 rings (SSSR count). The van der Waals surface area contributed by atoms with Crippen LogP contribution in [0.15, 0.2) is 18.6 Å². The Morgan fingerprint density at radius 3 is 2.65 bits per heavy atom. The van der Waals surface area contributed by atoms with Gasteiger partial charge in [0.05, 0.1) is 12.1 Å². The molecule has 1 aromatic heterocycles. The standard InChI is InChI=1S/C11H15N3O3/c1-3-14(7-8(2)11(16)17)10(15)9-6-12-4-5-13-9/h4-6,8H,3,7H2,1-2H3,(H,16,17). The van der Waals surface area contributed by atoms with Gasteiger partial charge in [0.25, 0.3) is 5.91 Å². The Balaban J connectivity index is 2.75. The maximum Gasteiger partial charge on any atom is 0.308 e. The van der Waals surface area contributed by atoms with Gasteiger partial charge in [-0.15, -0.1) is 0 Å². The maximum atomic E-state index is 12.0. The molecule has 1 heterocycles. The van der Waals surface area contributed by atoms with Crippen LogP contribution < -0.4 is 0 Å². The number of carbonyl (C=O) groups excluding carboxylic acids is 1. The largest absolute Gasteiger partial charge is 0.481 e. The molecule has 92 valence electrons. The van der Waals surface area contributed by atoms with Gasteiger partial charge in [-0.3, -0.25) is 14.6 Å². The second-order valence-electron chi connectivity index (χ2n) is 3.67. The number of carboxylic acid groups (broad SMARTS) is 1. The van der Waals surface area contributed by atoms with Gasteiger partial charge in [0, 0.05) is 25.5 Å². The number of hydrogen-bond donors (Lipinski definition) is 1. The molecule has 1 aromatic rings. The minimum atomic E-state index is -0.921. The van der Waals surface area contributed by atoms with E-state index in [-0.39, 0.29) is 18.1 Å². The Labute approximate surface area is 99.3 Å². The molecule has 0 saturated heterocycles. The molecule has 6 heteroatoms. The Hall–Kier alpha value is -1.98. The summed E-state index contributed by atoms with van der Waals surface area (Å²) in [6.07, 6.45) is 4.28. The average Bonchev–Trinajstić information content (AvgIpc) is 2.35. The van der Waals surface area contributed by atoms with Gasteiger partial charge in [0.2, 0.25) is 0 Å². The maximum absolute atomic E-state index is 12.0. The molecule has 0 aliphatic rings. The quantitative estimate of drug-likeness (QED) is 0.813. The first kappa shape index (κ1) is 13.1. The lowest BCUT2D eigenvalue weighted by Gasteiger charge is -2.22. The molecule has 0 bridgehead atoms. The molecule has 17 heavy (non-hydrogen) atoms. The van der Waals surface area contributed by atoms with E-state index in [4.69, 9.17) is 5.11 Å². The van der Waals surface area contributed by atoms with Gasteiger partial charge in [-0.2, -0.15) is 0 Å². The molecule has 0 radical (unpaired) electrons. The van der Waals surface area contributed by atoms with E-state index in [0.717, 1.165) is 0 Å². The van der Waals surface area contributed by atoms with E-state index < -0.39 is 11.9 Å². The second-order valence-corrected chi connectivity index (χ2v) is 3.67. The summed E-state index contributed by atoms with van der Waals surface area (Å²) in [6.45, 7) is 3.96. The summed E-state index contributed by atoms with van der Waals surface area (Å²) in [5, 5.41) is 8.81. The molecule has 0 spiro atoms. The van der Waals surface area contributed by atoms with Crippen molar-refractivity contribution in [3.05, 3.63) is 24.3 Å². The predicted molar refractivity (Wildman–Crippen MR) is 60.4 cm³/mol. The number of aliphatic carboxylic acids is 1. The van der Waals surface area contributed by atoms with E-state index in [0.29, 0.717) is 6.54 Å². The van der Waals surface area contributed by atoms with Crippen LogP contribution in [0, 0.1) is 5.92 Å². The number of amides is 1. The molecular formula is C11H15N3O3. The number of aromatic nitrogens is 2. The number of carbonyl (C=O) groups is 2. The lowest BCUT2D eigenvalue weighted by molar-refractivity contribution is -0.141. The van der Waals surface area contributed by atoms with Crippen molar-refractivity contribution >= 4 is 11.9 Å². The average molecular weight is 237 g/mol. The zero-order valence-electron chi connectivity index (χ0n) is 9.83. The summed E-state index contributed by atoms with van der Waals surface area (Å²) in [4.78, 5) is 31.9. The summed E-state index contributed by atoms with van der Waals surface area (Å²) in [7, 11) is 0. The van der Waals surface area contributed by atoms with E-state index >= 15 is 0 Å². The van der Waals surface area contributed by atoms with Gasteiger partial charge in [0.15, 0.2) is 0 Å². The molecule has 1 amide bonds. The van der Waals surface area contributed by atoms with Crippen molar-refractivity contribution < 1.29 is 14.7 Å². The normalized spacial score (nSPS) is 11.9. The van der Waals surface area contributed by atoms with Crippen LogP contribution in [0.4, 0.5) is 0 Å². The van der Waals surface area contributed by atoms with Crippen LogP contribution in [0.1, 0.15) is 24.3 Å². The number of hydrogen-bond acceptors (Lipinski definition) is 4. The number of nitrogens with zero attached hydrogens (tertiary/aromatic N) is 3. The zero-order chi connectivity index (χ0) is 12.8. The molecule has 0 aromatic carbocycles. The Kier molecular flexibility index (Phi) is 4.56. The fourth-order valence-electron chi connectivity index (χ4n) is 1.34. The first-order valence-electron chi connectivity index (χ1n) is 5.34. The Morgan fingerprint density at radius 2 is 2.18 bits per heavy atom. The monoisotopic (exact) mass is 237 g/mol. The van der Waals surface area contributed by atoms with E-state index in [1.54, 1.807) is 13.8 Å². The molecule has 6 nitrogen and oxygen atoms in total. The first-order valence-corrected chi connectivity index (χ1v) is 5.34. The van der Waals surface area contributed by atoms with Gasteiger partial charge >= 0.3 is 5.97 Å². The van der Waals surface area contributed by atoms with E-state index in [2.05, 4.69) is 9.97 Å². The topological polar surface area (TPSA) is 83.4 Å². The smallest absolute Gasteiger partial charge is 0.308 e. The van der Waals surface area contributed by atoms with Crippen LogP contribution in [-0.2, 0) is 4.79 Å². The highest BCUT2D eigenvalue weighted by molar-refractivity contribution is 5.92. The molecule has 0 aliphatic heterocycles. The van der Waals surface area contributed by atoms with E-state index in [1.165, 1.54) is 23.5 Å². The molecule has 1 N–H and O–H groups in total. The van der Waals surface area contributed by atoms with Gasteiger partial charge in [-0.25, -0.2) is 4.98 Å². The lowest BCUT2D eigenvalue weighted by atomic mass is 10.1. The van der Waals surface area contributed by atoms with Crippen molar-refractivity contribution in [3.8, 4) is 0 Å². The van der Waals surface area contributed by atoms with Crippen molar-refractivity contribution in [2.24, 2.45) is 5.92 Å². The molecular weight excluding hydrogens is 222 g/mol. The van der Waals surface area contributed by atoms with Crippen LogP contribution in [0.2, 0.25) is 0 Å². The summed E-state index contributed by atoms with van der Waals surface area (Å²) < 4.78 is 0. The fourth-order valence-corrected chi connectivity index (χ4v) is 1.34. The summed E-state index contributed by atoms with van der Waals surface area (Å²) >= 11 is 0. The van der Waals surface area contributed by atoms with Crippen LogP contribution in [-0.4, -0.2) is 44.9 Å². The van der Waals surface area contributed by atoms with Gasteiger partial charge in [-0.1, -0.05) is 6.92 Å². The van der Waals surface area contributed by atoms with Gasteiger partial charge in [-0.05, 0) is 6.92 Å². The third kappa shape index (κ3) is 3.51. The fraction of sp³-hybridized carbons (Fsp3) is 0.455. The zero-order valence-corrected chi connectivity index (χ0v) is 9.83. The predicted octanol–water partition coefficient (Wildman–Crippen LogP) is 0.659. The Bertz CT molecular complexity index is 394. The van der Waals surface area contributed by atoms with Crippen molar-refractivity contribution in [2.75, 3.05) is 13.1 Å². The van der Waals surface area contributed by atoms with Crippen molar-refractivity contribution in [1.29, 1.82) is 0 Å². The molecule has 1 unspecified atom stereocenters. The van der Waals surface area contributed by atoms with Crippen molar-refractivity contribution in [3.63, 3.8) is 0 Å². The minimum Gasteiger partial charge on any atom is -0.481 e. The van der Waals surface area contributed by atoms with E-state index in [9.17, 15) is 9.59 Å². The molecule has 0 saturated carbocycles. The summed E-state index contributed by atoms with van der Waals surface area (Å²) in [5.74, 6) is -1.82. The minimum absolute atomic E-state index is 0.168. The first-order chi connectivity index (χ1) is 8.06. The van der Waals surface area contributed by atoms with Gasteiger partial charge < -0.3 is 10.0 Å². The summed E-state index contributed by atoms with van der Waals surface area (Å²) in [5.41, 5.74) is 0.229. The highest BCUT2D eigenvalue weighted by atomic mass is 16.4. The van der Waals surface area contributed by atoms with Crippen LogP contribution in [0.5, 0.6) is 0 Å². The Morgan fingerprint density at radius 1 is 1.47 bits per heavy atom.